The van der Waals surface area contributed by atoms with E-state index in [-0.39, 0.29) is 22.9 Å². The number of sulfonamides is 1. The van der Waals surface area contributed by atoms with Gasteiger partial charge in [0.15, 0.2) is 0 Å². The Bertz CT molecular complexity index is 1020. The first-order valence-electron chi connectivity index (χ1n) is 9.86. The quantitative estimate of drug-likeness (QED) is 0.672. The lowest BCUT2D eigenvalue weighted by Crippen LogP contribution is -2.34. The van der Waals surface area contributed by atoms with Gasteiger partial charge in [0, 0.05) is 24.3 Å². The SMILES string of the molecule is CCN(CC)S(=O)(=O)c1cc(C(=O)NCC(=O)Nc2c(C)cccc2C)ccc1C. The van der Waals surface area contributed by atoms with Crippen molar-refractivity contribution in [1.82, 2.24) is 9.62 Å². The van der Waals surface area contributed by atoms with Gasteiger partial charge in [0.05, 0.1) is 11.4 Å². The second-order valence-corrected chi connectivity index (χ2v) is 8.97. The third kappa shape index (κ3) is 5.25. The summed E-state index contributed by atoms with van der Waals surface area (Å²) in [6, 6.07) is 10.2. The molecule has 2 amide bonds. The smallest absolute Gasteiger partial charge is 0.251 e. The zero-order chi connectivity index (χ0) is 22.5. The fraction of sp³-hybridized carbons (Fsp3) is 0.364. The Hall–Kier alpha value is -2.71. The van der Waals surface area contributed by atoms with Crippen LogP contribution < -0.4 is 10.6 Å². The Morgan fingerprint density at radius 2 is 1.53 bits per heavy atom. The van der Waals surface area contributed by atoms with E-state index in [9.17, 15) is 18.0 Å². The molecule has 0 atom stereocenters. The Morgan fingerprint density at radius 1 is 0.933 bits per heavy atom. The molecule has 0 fully saturated rings. The molecule has 0 heterocycles. The van der Waals surface area contributed by atoms with Gasteiger partial charge in [-0.1, -0.05) is 38.1 Å². The Kier molecular flexibility index (Phi) is 7.75. The number of nitrogens with one attached hydrogen (secondary N) is 2. The number of hydrogen-bond acceptors (Lipinski definition) is 4. The zero-order valence-corrected chi connectivity index (χ0v) is 18.9. The van der Waals surface area contributed by atoms with E-state index in [1.807, 2.05) is 32.0 Å². The lowest BCUT2D eigenvalue weighted by molar-refractivity contribution is -0.115. The third-order valence-electron chi connectivity index (χ3n) is 4.93. The highest BCUT2D eigenvalue weighted by molar-refractivity contribution is 7.89. The van der Waals surface area contributed by atoms with Crippen molar-refractivity contribution in [3.05, 3.63) is 58.7 Å². The maximum atomic E-state index is 12.9. The van der Waals surface area contributed by atoms with Crippen molar-refractivity contribution in [2.45, 2.75) is 39.5 Å². The second-order valence-electron chi connectivity index (χ2n) is 7.07. The number of hydrogen-bond donors (Lipinski definition) is 2. The van der Waals surface area contributed by atoms with Crippen LogP contribution in [0.3, 0.4) is 0 Å². The summed E-state index contributed by atoms with van der Waals surface area (Å²) in [5, 5.41) is 5.36. The van der Waals surface area contributed by atoms with Gasteiger partial charge in [-0.15, -0.1) is 0 Å². The van der Waals surface area contributed by atoms with Crippen molar-refractivity contribution in [3.63, 3.8) is 0 Å². The highest BCUT2D eigenvalue weighted by atomic mass is 32.2. The lowest BCUT2D eigenvalue weighted by Gasteiger charge is -2.20. The largest absolute Gasteiger partial charge is 0.343 e. The Morgan fingerprint density at radius 3 is 2.10 bits per heavy atom. The van der Waals surface area contributed by atoms with E-state index in [4.69, 9.17) is 0 Å². The average Bonchev–Trinajstić information content (AvgIpc) is 2.70. The van der Waals surface area contributed by atoms with Gasteiger partial charge in [-0.2, -0.15) is 4.31 Å². The predicted octanol–water partition coefficient (Wildman–Crippen LogP) is 3.01. The molecule has 0 aliphatic heterocycles. The van der Waals surface area contributed by atoms with Gasteiger partial charge < -0.3 is 10.6 Å². The number of benzene rings is 2. The first kappa shape index (κ1) is 23.6. The van der Waals surface area contributed by atoms with Gasteiger partial charge in [-0.3, -0.25) is 9.59 Å². The van der Waals surface area contributed by atoms with Gasteiger partial charge in [0.2, 0.25) is 15.9 Å². The van der Waals surface area contributed by atoms with Crippen LogP contribution in [-0.2, 0) is 14.8 Å². The van der Waals surface area contributed by atoms with E-state index in [0.29, 0.717) is 18.7 Å². The number of anilines is 1. The standard InChI is InChI=1S/C22H29N3O4S/c1-6-25(7-2)30(28,29)19-13-18(12-11-15(19)3)22(27)23-14-20(26)24-21-16(4)9-8-10-17(21)5/h8-13H,6-7,14H2,1-5H3,(H,23,27)(H,24,26). The molecule has 2 N–H and O–H groups in total. The predicted molar refractivity (Wildman–Crippen MR) is 118 cm³/mol. The minimum Gasteiger partial charge on any atom is -0.343 e. The fourth-order valence-corrected chi connectivity index (χ4v) is 4.89. The van der Waals surface area contributed by atoms with Gasteiger partial charge >= 0.3 is 0 Å². The molecule has 0 aromatic heterocycles. The molecule has 0 aliphatic rings. The van der Waals surface area contributed by atoms with E-state index in [0.717, 1.165) is 16.8 Å². The number of rotatable bonds is 8. The number of carbonyl (C=O) groups is 2. The number of carbonyl (C=O) groups excluding carboxylic acids is 2. The van der Waals surface area contributed by atoms with Gasteiger partial charge in [0.25, 0.3) is 5.91 Å². The van der Waals surface area contributed by atoms with Crippen LogP contribution in [0.2, 0.25) is 0 Å². The van der Waals surface area contributed by atoms with Crippen molar-refractivity contribution in [1.29, 1.82) is 0 Å². The molecule has 8 heteroatoms. The Balaban J connectivity index is 2.13. The summed E-state index contributed by atoms with van der Waals surface area (Å²) in [4.78, 5) is 24.9. The maximum Gasteiger partial charge on any atom is 0.251 e. The number of nitrogens with zero attached hydrogens (tertiary/aromatic N) is 1. The topological polar surface area (TPSA) is 95.6 Å². The summed E-state index contributed by atoms with van der Waals surface area (Å²) < 4.78 is 27.0. The van der Waals surface area contributed by atoms with Gasteiger partial charge in [-0.05, 0) is 49.6 Å². The van der Waals surface area contributed by atoms with Crippen LogP contribution in [0.25, 0.3) is 0 Å². The van der Waals surface area contributed by atoms with E-state index in [2.05, 4.69) is 10.6 Å². The molecule has 2 aromatic carbocycles. The maximum absolute atomic E-state index is 12.9. The molecule has 2 aromatic rings. The van der Waals surface area contributed by atoms with Crippen LogP contribution >= 0.6 is 0 Å². The highest BCUT2D eigenvalue weighted by Crippen LogP contribution is 2.22. The first-order chi connectivity index (χ1) is 14.1. The van der Waals surface area contributed by atoms with Crippen molar-refractivity contribution in [2.75, 3.05) is 25.0 Å². The summed E-state index contributed by atoms with van der Waals surface area (Å²) in [6.45, 7) is 9.47. The minimum atomic E-state index is -3.70. The number of amides is 2. The minimum absolute atomic E-state index is 0.0961. The van der Waals surface area contributed by atoms with Crippen LogP contribution in [0.1, 0.15) is 40.9 Å². The van der Waals surface area contributed by atoms with E-state index < -0.39 is 15.9 Å². The van der Waals surface area contributed by atoms with Crippen molar-refractivity contribution in [3.8, 4) is 0 Å². The monoisotopic (exact) mass is 431 g/mol. The molecule has 7 nitrogen and oxygen atoms in total. The van der Waals surface area contributed by atoms with Crippen LogP contribution in [0.15, 0.2) is 41.3 Å². The second kappa shape index (κ2) is 9.86. The number of para-hydroxylation sites is 1. The molecule has 0 bridgehead atoms. The fourth-order valence-electron chi connectivity index (χ4n) is 3.18. The van der Waals surface area contributed by atoms with Crippen molar-refractivity contribution in [2.24, 2.45) is 0 Å². The van der Waals surface area contributed by atoms with E-state index >= 15 is 0 Å². The Labute approximate surface area is 178 Å². The highest BCUT2D eigenvalue weighted by Gasteiger charge is 2.24. The molecular weight excluding hydrogens is 402 g/mol. The molecular formula is C22H29N3O4S. The van der Waals surface area contributed by atoms with Crippen molar-refractivity contribution >= 4 is 27.5 Å². The molecule has 0 spiro atoms. The van der Waals surface area contributed by atoms with Gasteiger partial charge in [0.1, 0.15) is 0 Å². The molecule has 30 heavy (non-hydrogen) atoms. The summed E-state index contributed by atoms with van der Waals surface area (Å²) in [7, 11) is -3.70. The average molecular weight is 432 g/mol. The molecule has 0 aliphatic carbocycles. The van der Waals surface area contributed by atoms with Crippen LogP contribution in [0, 0.1) is 20.8 Å². The van der Waals surface area contributed by atoms with Crippen LogP contribution in [0.4, 0.5) is 5.69 Å². The van der Waals surface area contributed by atoms with Gasteiger partial charge in [-0.25, -0.2) is 8.42 Å². The summed E-state index contributed by atoms with van der Waals surface area (Å²) in [5.41, 5.74) is 3.33. The molecule has 162 valence electrons. The lowest BCUT2D eigenvalue weighted by atomic mass is 10.1. The zero-order valence-electron chi connectivity index (χ0n) is 18.1. The first-order valence-corrected chi connectivity index (χ1v) is 11.3. The van der Waals surface area contributed by atoms with Crippen molar-refractivity contribution < 1.29 is 18.0 Å². The van der Waals surface area contributed by atoms with Crippen LogP contribution in [0.5, 0.6) is 0 Å². The summed E-state index contributed by atoms with van der Waals surface area (Å²) in [6.07, 6.45) is 0. The molecule has 0 saturated heterocycles. The summed E-state index contributed by atoms with van der Waals surface area (Å²) in [5.74, 6) is -0.869. The summed E-state index contributed by atoms with van der Waals surface area (Å²) >= 11 is 0. The normalized spacial score (nSPS) is 11.4. The number of aryl methyl sites for hydroxylation is 3. The van der Waals surface area contributed by atoms with Crippen LogP contribution in [-0.4, -0.2) is 44.2 Å². The van der Waals surface area contributed by atoms with E-state index in [1.165, 1.54) is 10.4 Å². The van der Waals surface area contributed by atoms with E-state index in [1.54, 1.807) is 32.9 Å². The molecule has 0 radical (unpaired) electrons. The molecule has 2 rings (SSSR count). The molecule has 0 unspecified atom stereocenters. The molecule has 0 saturated carbocycles. The third-order valence-corrected chi connectivity index (χ3v) is 7.12.